The second-order valence-corrected chi connectivity index (χ2v) is 4.58. The fourth-order valence-electron chi connectivity index (χ4n) is 2.05. The zero-order valence-electron chi connectivity index (χ0n) is 12.0. The second kappa shape index (κ2) is 6.78. The van der Waals surface area contributed by atoms with E-state index in [1.807, 2.05) is 0 Å². The van der Waals surface area contributed by atoms with Crippen molar-refractivity contribution in [2.24, 2.45) is 5.41 Å². The van der Waals surface area contributed by atoms with Gasteiger partial charge < -0.3 is 19.7 Å². The molecule has 6 heteroatoms. The van der Waals surface area contributed by atoms with Gasteiger partial charge in [-0.15, -0.1) is 6.58 Å². The zero-order chi connectivity index (χ0) is 16.0. The predicted molar refractivity (Wildman–Crippen MR) is 75.8 cm³/mol. The number of allylic oxidation sites excluding steroid dienone is 1. The maximum atomic E-state index is 11.5. The van der Waals surface area contributed by atoms with Gasteiger partial charge in [0.2, 0.25) is 0 Å². The number of ether oxygens (including phenoxy) is 2. The van der Waals surface area contributed by atoms with Gasteiger partial charge in [0.15, 0.2) is 5.41 Å². The van der Waals surface area contributed by atoms with Crippen molar-refractivity contribution in [1.29, 1.82) is 0 Å². The average Bonchev–Trinajstić information content (AvgIpc) is 2.45. The third-order valence-corrected chi connectivity index (χ3v) is 3.23. The van der Waals surface area contributed by atoms with Crippen LogP contribution in [0.2, 0.25) is 0 Å². The van der Waals surface area contributed by atoms with Crippen LogP contribution < -0.4 is 9.47 Å². The highest BCUT2D eigenvalue weighted by molar-refractivity contribution is 5.98. The third kappa shape index (κ3) is 3.53. The monoisotopic (exact) mass is 294 g/mol. The Morgan fingerprint density at radius 1 is 1.14 bits per heavy atom. The predicted octanol–water partition coefficient (Wildman–Crippen LogP) is 1.98. The summed E-state index contributed by atoms with van der Waals surface area (Å²) in [6.07, 6.45) is 0.911. The number of rotatable bonds is 8. The van der Waals surface area contributed by atoms with E-state index < -0.39 is 17.4 Å². The lowest BCUT2D eigenvalue weighted by molar-refractivity contribution is -0.164. The molecule has 21 heavy (non-hydrogen) atoms. The van der Waals surface area contributed by atoms with Crippen LogP contribution in [0.25, 0.3) is 0 Å². The molecule has 114 valence electrons. The van der Waals surface area contributed by atoms with E-state index in [-0.39, 0.29) is 12.8 Å². The summed E-state index contributed by atoms with van der Waals surface area (Å²) in [5.41, 5.74) is -1.46. The SMILES string of the molecule is C=CCC(Cc1cc(OC)cc(OC)c1)(C(=O)O)C(=O)O. The van der Waals surface area contributed by atoms with Gasteiger partial charge in [-0.2, -0.15) is 0 Å². The van der Waals surface area contributed by atoms with Crippen LogP contribution in [0.15, 0.2) is 30.9 Å². The first-order valence-electron chi connectivity index (χ1n) is 6.19. The first-order valence-corrected chi connectivity index (χ1v) is 6.19. The van der Waals surface area contributed by atoms with Gasteiger partial charge in [0.1, 0.15) is 11.5 Å². The normalized spacial score (nSPS) is 10.8. The van der Waals surface area contributed by atoms with E-state index in [0.29, 0.717) is 17.1 Å². The molecule has 0 saturated heterocycles. The summed E-state index contributed by atoms with van der Waals surface area (Å²) < 4.78 is 10.2. The van der Waals surface area contributed by atoms with Gasteiger partial charge in [0.05, 0.1) is 14.2 Å². The van der Waals surface area contributed by atoms with Gasteiger partial charge in [-0.3, -0.25) is 9.59 Å². The molecule has 0 heterocycles. The molecule has 0 bridgehead atoms. The van der Waals surface area contributed by atoms with Gasteiger partial charge in [-0.25, -0.2) is 0 Å². The van der Waals surface area contributed by atoms with E-state index >= 15 is 0 Å². The molecule has 0 aliphatic carbocycles. The molecular formula is C15H18O6. The lowest BCUT2D eigenvalue weighted by Crippen LogP contribution is -2.41. The number of benzene rings is 1. The van der Waals surface area contributed by atoms with Crippen molar-refractivity contribution >= 4 is 11.9 Å². The molecule has 0 spiro atoms. The largest absolute Gasteiger partial charge is 0.497 e. The fraction of sp³-hybridized carbons (Fsp3) is 0.333. The number of hydrogen-bond donors (Lipinski definition) is 2. The van der Waals surface area contributed by atoms with E-state index in [0.717, 1.165) is 0 Å². The zero-order valence-corrected chi connectivity index (χ0v) is 12.0. The van der Waals surface area contributed by atoms with E-state index in [1.165, 1.54) is 20.3 Å². The number of carboxylic acids is 2. The molecule has 1 aromatic rings. The summed E-state index contributed by atoms with van der Waals surface area (Å²) in [6.45, 7) is 3.44. The minimum atomic E-state index is -1.96. The van der Waals surface area contributed by atoms with E-state index in [2.05, 4.69) is 6.58 Å². The van der Waals surface area contributed by atoms with Crippen molar-refractivity contribution < 1.29 is 29.3 Å². The number of carbonyl (C=O) groups is 2. The molecule has 2 N–H and O–H groups in total. The highest BCUT2D eigenvalue weighted by Crippen LogP contribution is 2.32. The van der Waals surface area contributed by atoms with Crippen LogP contribution in [-0.2, 0) is 16.0 Å². The van der Waals surface area contributed by atoms with Gasteiger partial charge >= 0.3 is 11.9 Å². The van der Waals surface area contributed by atoms with Crippen LogP contribution in [0.5, 0.6) is 11.5 Å². The first-order chi connectivity index (χ1) is 9.89. The Bertz CT molecular complexity index is 513. The van der Waals surface area contributed by atoms with Gasteiger partial charge in [-0.05, 0) is 30.5 Å². The highest BCUT2D eigenvalue weighted by Gasteiger charge is 2.45. The molecule has 1 aromatic carbocycles. The Hall–Kier alpha value is -2.50. The molecule has 6 nitrogen and oxygen atoms in total. The van der Waals surface area contributed by atoms with E-state index in [4.69, 9.17) is 9.47 Å². The number of hydrogen-bond acceptors (Lipinski definition) is 4. The number of carboxylic acid groups (broad SMARTS) is 2. The van der Waals surface area contributed by atoms with E-state index in [9.17, 15) is 19.8 Å². The quantitative estimate of drug-likeness (QED) is 0.562. The lowest BCUT2D eigenvalue weighted by atomic mass is 9.78. The van der Waals surface area contributed by atoms with Crippen LogP contribution >= 0.6 is 0 Å². The maximum absolute atomic E-state index is 11.5. The number of methoxy groups -OCH3 is 2. The Morgan fingerprint density at radius 2 is 1.62 bits per heavy atom. The van der Waals surface area contributed by atoms with Crippen LogP contribution in [0.4, 0.5) is 0 Å². The van der Waals surface area contributed by atoms with Gasteiger partial charge in [-0.1, -0.05) is 6.08 Å². The minimum absolute atomic E-state index is 0.183. The highest BCUT2D eigenvalue weighted by atomic mass is 16.5. The van der Waals surface area contributed by atoms with Crippen LogP contribution in [0.3, 0.4) is 0 Å². The van der Waals surface area contributed by atoms with Crippen LogP contribution in [-0.4, -0.2) is 36.4 Å². The fourth-order valence-corrected chi connectivity index (χ4v) is 2.05. The summed E-state index contributed by atoms with van der Waals surface area (Å²) in [5.74, 6) is -1.88. The standard InChI is InChI=1S/C15H18O6/c1-4-5-15(13(16)17,14(18)19)9-10-6-11(20-2)8-12(7-10)21-3/h4,6-8H,1,5,9H2,2-3H3,(H,16,17)(H,18,19). The first kappa shape index (κ1) is 16.6. The summed E-state index contributed by atoms with van der Waals surface area (Å²) in [7, 11) is 2.92. The van der Waals surface area contributed by atoms with Crippen molar-refractivity contribution in [2.75, 3.05) is 14.2 Å². The third-order valence-electron chi connectivity index (χ3n) is 3.23. The van der Waals surface area contributed by atoms with Crippen molar-refractivity contribution in [3.8, 4) is 11.5 Å². The Morgan fingerprint density at radius 3 is 1.95 bits per heavy atom. The lowest BCUT2D eigenvalue weighted by Gasteiger charge is -2.24. The van der Waals surface area contributed by atoms with Gasteiger partial charge in [0, 0.05) is 6.07 Å². The summed E-state index contributed by atoms with van der Waals surface area (Å²) >= 11 is 0. The summed E-state index contributed by atoms with van der Waals surface area (Å²) in [6, 6.07) is 4.80. The van der Waals surface area contributed by atoms with Crippen molar-refractivity contribution in [3.63, 3.8) is 0 Å². The maximum Gasteiger partial charge on any atom is 0.321 e. The Balaban J connectivity index is 3.28. The average molecular weight is 294 g/mol. The number of aliphatic carboxylic acids is 2. The molecule has 0 radical (unpaired) electrons. The molecule has 0 amide bonds. The minimum Gasteiger partial charge on any atom is -0.497 e. The molecular weight excluding hydrogens is 276 g/mol. The van der Waals surface area contributed by atoms with Gasteiger partial charge in [0.25, 0.3) is 0 Å². The summed E-state index contributed by atoms with van der Waals surface area (Å²) in [4.78, 5) is 23.0. The molecule has 0 aliphatic rings. The van der Waals surface area contributed by atoms with Crippen molar-refractivity contribution in [1.82, 2.24) is 0 Å². The van der Waals surface area contributed by atoms with Crippen LogP contribution in [0, 0.1) is 5.41 Å². The van der Waals surface area contributed by atoms with Crippen molar-refractivity contribution in [3.05, 3.63) is 36.4 Å². The molecule has 0 unspecified atom stereocenters. The molecule has 0 saturated carbocycles. The summed E-state index contributed by atoms with van der Waals surface area (Å²) in [5, 5.41) is 18.7. The molecule has 0 atom stereocenters. The molecule has 1 rings (SSSR count). The van der Waals surface area contributed by atoms with Crippen LogP contribution in [0.1, 0.15) is 12.0 Å². The molecule has 0 aliphatic heterocycles. The molecule has 0 aromatic heterocycles. The van der Waals surface area contributed by atoms with Crippen molar-refractivity contribution in [2.45, 2.75) is 12.8 Å². The smallest absolute Gasteiger partial charge is 0.321 e. The Kier molecular flexibility index (Phi) is 5.35. The Labute approximate surface area is 122 Å². The molecule has 0 fully saturated rings. The second-order valence-electron chi connectivity index (χ2n) is 4.58. The van der Waals surface area contributed by atoms with E-state index in [1.54, 1.807) is 18.2 Å². The topological polar surface area (TPSA) is 93.1 Å².